The summed E-state index contributed by atoms with van der Waals surface area (Å²) < 4.78 is 33.3. The lowest BCUT2D eigenvalue weighted by Gasteiger charge is -2.30. The average molecular weight is 331 g/mol. The topological polar surface area (TPSA) is 53.1 Å². The van der Waals surface area contributed by atoms with E-state index in [1.54, 1.807) is 25.5 Å². The summed E-state index contributed by atoms with van der Waals surface area (Å²) in [5.41, 5.74) is 0.0774. The molecule has 0 radical (unpaired) electrons. The Morgan fingerprint density at radius 3 is 2.59 bits per heavy atom. The highest BCUT2D eigenvalue weighted by molar-refractivity contribution is 7.86. The second-order valence-corrected chi connectivity index (χ2v) is 9.67. The van der Waals surface area contributed by atoms with Crippen molar-refractivity contribution in [2.24, 2.45) is 17.3 Å². The van der Waals surface area contributed by atoms with Crippen LogP contribution in [0, 0.1) is 17.3 Å². The second-order valence-electron chi connectivity index (χ2n) is 7.53. The van der Waals surface area contributed by atoms with E-state index in [9.17, 15) is 8.42 Å². The molecule has 2 heterocycles. The van der Waals surface area contributed by atoms with Gasteiger partial charge in [-0.15, -0.1) is 0 Å². The van der Waals surface area contributed by atoms with E-state index in [-0.39, 0.29) is 5.41 Å². The summed E-state index contributed by atoms with van der Waals surface area (Å²) in [7, 11) is 1.68. The van der Waals surface area contributed by atoms with E-state index in [4.69, 9.17) is 4.74 Å². The molecule has 0 aromatic rings. The van der Waals surface area contributed by atoms with Gasteiger partial charge in [-0.3, -0.25) is 0 Å². The van der Waals surface area contributed by atoms with E-state index >= 15 is 0 Å². The molecule has 3 rings (SSSR count). The van der Waals surface area contributed by atoms with Crippen LogP contribution in [-0.4, -0.2) is 82.5 Å². The third kappa shape index (κ3) is 3.06. The van der Waals surface area contributed by atoms with Gasteiger partial charge in [-0.1, -0.05) is 0 Å². The average Bonchev–Trinajstić information content (AvgIpc) is 3.05. The molecule has 22 heavy (non-hydrogen) atoms. The molecule has 2 aliphatic heterocycles. The molecule has 0 aromatic heterocycles. The molecule has 0 bridgehead atoms. The van der Waals surface area contributed by atoms with Crippen molar-refractivity contribution in [1.29, 1.82) is 0 Å². The molecule has 3 fully saturated rings. The number of hydrogen-bond acceptors (Lipinski definition) is 4. The van der Waals surface area contributed by atoms with Crippen molar-refractivity contribution < 1.29 is 13.2 Å². The first kappa shape index (κ1) is 16.6. The number of ether oxygens (including phenoxy) is 1. The van der Waals surface area contributed by atoms with Crippen LogP contribution in [0.4, 0.5) is 0 Å². The molecule has 0 amide bonds. The van der Waals surface area contributed by atoms with Crippen molar-refractivity contribution in [2.45, 2.75) is 19.3 Å². The third-order valence-electron chi connectivity index (χ3n) is 5.60. The van der Waals surface area contributed by atoms with Crippen LogP contribution in [0.1, 0.15) is 19.3 Å². The van der Waals surface area contributed by atoms with Crippen molar-refractivity contribution in [3.05, 3.63) is 0 Å². The monoisotopic (exact) mass is 331 g/mol. The lowest BCUT2D eigenvalue weighted by atomic mass is 9.78. The van der Waals surface area contributed by atoms with Gasteiger partial charge in [-0.2, -0.15) is 17.0 Å². The summed E-state index contributed by atoms with van der Waals surface area (Å²) in [6.07, 6.45) is 3.68. The summed E-state index contributed by atoms with van der Waals surface area (Å²) >= 11 is 0. The zero-order chi connectivity index (χ0) is 16.0. The minimum absolute atomic E-state index is 0.0774. The van der Waals surface area contributed by atoms with Gasteiger partial charge in [0, 0.05) is 65.3 Å². The normalized spacial score (nSPS) is 34.3. The second kappa shape index (κ2) is 6.02. The standard InChI is InChI=1S/C15H29N3O3S/c1-16(2)22(19,20)18-7-6-15(12-18)11-17(8-13-4-5-13)9-14(15)10-21-3/h13-14H,4-12H2,1-3H3/t14-,15-/m0/s1. The maximum absolute atomic E-state index is 12.4. The highest BCUT2D eigenvalue weighted by atomic mass is 32.2. The minimum atomic E-state index is -3.30. The van der Waals surface area contributed by atoms with Crippen molar-refractivity contribution in [2.75, 3.05) is 60.5 Å². The number of likely N-dealkylation sites (tertiary alicyclic amines) is 1. The van der Waals surface area contributed by atoms with Crippen LogP contribution in [0.2, 0.25) is 0 Å². The predicted octanol–water partition coefficient (Wildman–Crippen LogP) is 0.473. The summed E-state index contributed by atoms with van der Waals surface area (Å²) in [6, 6.07) is 0. The maximum atomic E-state index is 12.4. The lowest BCUT2D eigenvalue weighted by molar-refractivity contribution is 0.100. The number of rotatable bonds is 6. The van der Waals surface area contributed by atoms with Crippen LogP contribution < -0.4 is 0 Å². The third-order valence-corrected chi connectivity index (χ3v) is 7.49. The molecule has 3 aliphatic rings. The molecule has 7 heteroatoms. The molecule has 0 aromatic carbocycles. The van der Waals surface area contributed by atoms with Crippen LogP contribution in [0.15, 0.2) is 0 Å². The summed E-state index contributed by atoms with van der Waals surface area (Å²) in [5, 5.41) is 0. The van der Waals surface area contributed by atoms with Crippen LogP contribution in [0.25, 0.3) is 0 Å². The Balaban J connectivity index is 1.72. The Morgan fingerprint density at radius 2 is 2.00 bits per heavy atom. The minimum Gasteiger partial charge on any atom is -0.384 e. The molecule has 1 spiro atoms. The zero-order valence-corrected chi connectivity index (χ0v) is 14.8. The van der Waals surface area contributed by atoms with Crippen LogP contribution in [0.3, 0.4) is 0 Å². The Hall–Kier alpha value is -0.210. The van der Waals surface area contributed by atoms with E-state index < -0.39 is 10.2 Å². The Morgan fingerprint density at radius 1 is 1.27 bits per heavy atom. The van der Waals surface area contributed by atoms with Gasteiger partial charge in [0.15, 0.2) is 0 Å². The van der Waals surface area contributed by atoms with Gasteiger partial charge in [0.1, 0.15) is 0 Å². The summed E-state index contributed by atoms with van der Waals surface area (Å²) in [5.74, 6) is 1.32. The highest BCUT2D eigenvalue weighted by Gasteiger charge is 2.53. The van der Waals surface area contributed by atoms with Crippen LogP contribution in [-0.2, 0) is 14.9 Å². The van der Waals surface area contributed by atoms with Crippen molar-refractivity contribution in [3.63, 3.8) is 0 Å². The van der Waals surface area contributed by atoms with Crippen LogP contribution in [0.5, 0.6) is 0 Å². The van der Waals surface area contributed by atoms with Gasteiger partial charge in [0.05, 0.1) is 6.61 Å². The van der Waals surface area contributed by atoms with Crippen molar-refractivity contribution in [1.82, 2.24) is 13.5 Å². The Kier molecular flexibility index (Phi) is 4.55. The van der Waals surface area contributed by atoms with Crippen LogP contribution >= 0.6 is 0 Å². The molecule has 0 N–H and O–H groups in total. The maximum Gasteiger partial charge on any atom is 0.281 e. The summed E-state index contributed by atoms with van der Waals surface area (Å²) in [4.78, 5) is 2.55. The van der Waals surface area contributed by atoms with Crippen molar-refractivity contribution >= 4 is 10.2 Å². The fourth-order valence-electron chi connectivity index (χ4n) is 4.13. The van der Waals surface area contributed by atoms with Gasteiger partial charge in [0.25, 0.3) is 10.2 Å². The zero-order valence-electron chi connectivity index (χ0n) is 14.0. The first-order valence-electron chi connectivity index (χ1n) is 8.26. The molecular formula is C15H29N3O3S. The van der Waals surface area contributed by atoms with Gasteiger partial charge in [-0.05, 0) is 25.2 Å². The van der Waals surface area contributed by atoms with E-state index in [1.807, 2.05) is 0 Å². The number of hydrogen-bond donors (Lipinski definition) is 0. The first-order chi connectivity index (χ1) is 10.4. The molecule has 6 nitrogen and oxygen atoms in total. The molecule has 2 atom stereocenters. The van der Waals surface area contributed by atoms with E-state index in [0.29, 0.717) is 19.0 Å². The van der Waals surface area contributed by atoms with Gasteiger partial charge in [0.2, 0.25) is 0 Å². The summed E-state index contributed by atoms with van der Waals surface area (Å²) in [6.45, 7) is 5.28. The molecule has 1 aliphatic carbocycles. The Labute approximate surface area is 134 Å². The smallest absolute Gasteiger partial charge is 0.281 e. The van der Waals surface area contributed by atoms with Gasteiger partial charge >= 0.3 is 0 Å². The quantitative estimate of drug-likeness (QED) is 0.710. The largest absolute Gasteiger partial charge is 0.384 e. The first-order valence-corrected chi connectivity index (χ1v) is 9.66. The number of nitrogens with zero attached hydrogens (tertiary/aromatic N) is 3. The fourth-order valence-corrected chi connectivity index (χ4v) is 5.33. The highest BCUT2D eigenvalue weighted by Crippen LogP contribution is 2.46. The van der Waals surface area contributed by atoms with Gasteiger partial charge in [-0.25, -0.2) is 0 Å². The van der Waals surface area contributed by atoms with Gasteiger partial charge < -0.3 is 9.64 Å². The van der Waals surface area contributed by atoms with E-state index in [1.165, 1.54) is 23.7 Å². The van der Waals surface area contributed by atoms with E-state index in [0.717, 1.165) is 32.0 Å². The lowest BCUT2D eigenvalue weighted by Crippen LogP contribution is -2.42. The molecule has 0 unspecified atom stereocenters. The Bertz CT molecular complexity index is 506. The molecule has 1 saturated carbocycles. The SMILES string of the molecule is COC[C@@H]1CN(CC2CC2)C[C@]12CCN(S(=O)(=O)N(C)C)C2. The van der Waals surface area contributed by atoms with Crippen molar-refractivity contribution in [3.8, 4) is 0 Å². The molecular weight excluding hydrogens is 302 g/mol. The fraction of sp³-hybridized carbons (Fsp3) is 1.00. The van der Waals surface area contributed by atoms with E-state index in [2.05, 4.69) is 4.90 Å². The number of methoxy groups -OCH3 is 1. The predicted molar refractivity (Wildman–Crippen MR) is 85.8 cm³/mol. The molecule has 128 valence electrons. The molecule has 2 saturated heterocycles.